The SMILES string of the molecule is Cc1cccc(-n2nc(-c3ccc(F)cc3)cc2C(=O)Nc2ccccc2F)c1. The summed E-state index contributed by atoms with van der Waals surface area (Å²) in [6.45, 7) is 1.94. The van der Waals surface area contributed by atoms with Gasteiger partial charge in [0.2, 0.25) is 0 Å². The number of hydrogen-bond donors (Lipinski definition) is 1. The van der Waals surface area contributed by atoms with E-state index in [1.165, 1.54) is 28.9 Å². The summed E-state index contributed by atoms with van der Waals surface area (Å²) in [5.41, 5.74) is 3.18. The molecular weight excluding hydrogens is 372 g/mol. The molecule has 0 aliphatic rings. The Morgan fingerprint density at radius 1 is 0.931 bits per heavy atom. The molecule has 1 aromatic heterocycles. The van der Waals surface area contributed by atoms with Gasteiger partial charge in [-0.15, -0.1) is 0 Å². The molecule has 0 saturated carbocycles. The van der Waals surface area contributed by atoms with Gasteiger partial charge < -0.3 is 5.32 Å². The van der Waals surface area contributed by atoms with E-state index in [0.29, 0.717) is 16.9 Å². The number of anilines is 1. The highest BCUT2D eigenvalue weighted by Crippen LogP contribution is 2.24. The monoisotopic (exact) mass is 389 g/mol. The van der Waals surface area contributed by atoms with E-state index in [2.05, 4.69) is 10.4 Å². The van der Waals surface area contributed by atoms with Gasteiger partial charge in [0.15, 0.2) is 0 Å². The van der Waals surface area contributed by atoms with Gasteiger partial charge in [-0.05, 0) is 67.1 Å². The summed E-state index contributed by atoms with van der Waals surface area (Å²) in [6, 6.07) is 20.9. The highest BCUT2D eigenvalue weighted by molar-refractivity contribution is 6.04. The first-order chi connectivity index (χ1) is 14.0. The molecule has 4 rings (SSSR count). The minimum Gasteiger partial charge on any atom is -0.318 e. The number of rotatable bonds is 4. The van der Waals surface area contributed by atoms with E-state index in [1.807, 2.05) is 31.2 Å². The van der Waals surface area contributed by atoms with Crippen molar-refractivity contribution in [3.05, 3.63) is 102 Å². The van der Waals surface area contributed by atoms with E-state index in [9.17, 15) is 13.6 Å². The molecule has 3 aromatic carbocycles. The molecule has 0 saturated heterocycles. The first kappa shape index (κ1) is 18.6. The van der Waals surface area contributed by atoms with Crippen molar-refractivity contribution < 1.29 is 13.6 Å². The molecule has 0 bridgehead atoms. The van der Waals surface area contributed by atoms with E-state index in [1.54, 1.807) is 30.3 Å². The van der Waals surface area contributed by atoms with Crippen LogP contribution in [0.4, 0.5) is 14.5 Å². The average Bonchev–Trinajstić information content (AvgIpc) is 3.16. The van der Waals surface area contributed by atoms with Gasteiger partial charge in [0, 0.05) is 5.56 Å². The molecule has 0 spiro atoms. The smallest absolute Gasteiger partial charge is 0.274 e. The maximum absolute atomic E-state index is 14.0. The van der Waals surface area contributed by atoms with Crippen LogP contribution in [0.2, 0.25) is 0 Å². The Kier molecular flexibility index (Phi) is 4.91. The van der Waals surface area contributed by atoms with Crippen molar-refractivity contribution in [2.24, 2.45) is 0 Å². The fourth-order valence-corrected chi connectivity index (χ4v) is 3.01. The van der Waals surface area contributed by atoms with E-state index >= 15 is 0 Å². The van der Waals surface area contributed by atoms with Crippen LogP contribution < -0.4 is 5.32 Å². The quantitative estimate of drug-likeness (QED) is 0.509. The molecule has 0 aliphatic carbocycles. The van der Waals surface area contributed by atoms with Gasteiger partial charge in [0.05, 0.1) is 17.1 Å². The van der Waals surface area contributed by atoms with Crippen LogP contribution in [0.1, 0.15) is 16.1 Å². The predicted octanol–water partition coefficient (Wildman–Crippen LogP) is 5.38. The summed E-state index contributed by atoms with van der Waals surface area (Å²) in [6.07, 6.45) is 0. The lowest BCUT2D eigenvalue weighted by Gasteiger charge is -2.09. The normalized spacial score (nSPS) is 10.7. The summed E-state index contributed by atoms with van der Waals surface area (Å²) in [4.78, 5) is 12.9. The van der Waals surface area contributed by atoms with Crippen LogP contribution in [0.15, 0.2) is 78.9 Å². The second kappa shape index (κ2) is 7.67. The Labute approximate surface area is 166 Å². The van der Waals surface area contributed by atoms with Crippen molar-refractivity contribution in [2.75, 3.05) is 5.32 Å². The van der Waals surface area contributed by atoms with Crippen LogP contribution in [0.25, 0.3) is 16.9 Å². The average molecular weight is 389 g/mol. The fraction of sp³-hybridized carbons (Fsp3) is 0.0435. The summed E-state index contributed by atoms with van der Waals surface area (Å²) >= 11 is 0. The van der Waals surface area contributed by atoms with Crippen molar-refractivity contribution >= 4 is 11.6 Å². The molecule has 0 aliphatic heterocycles. The molecule has 144 valence electrons. The number of amides is 1. The van der Waals surface area contributed by atoms with Gasteiger partial charge in [0.1, 0.15) is 17.3 Å². The molecular formula is C23H17F2N3O. The summed E-state index contributed by atoms with van der Waals surface area (Å²) < 4.78 is 28.8. The minimum atomic E-state index is -0.527. The molecule has 29 heavy (non-hydrogen) atoms. The largest absolute Gasteiger partial charge is 0.318 e. The lowest BCUT2D eigenvalue weighted by Crippen LogP contribution is -2.17. The van der Waals surface area contributed by atoms with E-state index in [-0.39, 0.29) is 17.2 Å². The molecule has 1 amide bonds. The molecule has 0 fully saturated rings. The zero-order valence-electron chi connectivity index (χ0n) is 15.6. The van der Waals surface area contributed by atoms with Crippen molar-refractivity contribution in [1.82, 2.24) is 9.78 Å². The highest BCUT2D eigenvalue weighted by atomic mass is 19.1. The number of carbonyl (C=O) groups is 1. The zero-order chi connectivity index (χ0) is 20.4. The van der Waals surface area contributed by atoms with Crippen molar-refractivity contribution in [2.45, 2.75) is 6.92 Å². The number of aromatic nitrogens is 2. The third kappa shape index (κ3) is 3.91. The number of nitrogens with one attached hydrogen (secondary N) is 1. The van der Waals surface area contributed by atoms with Gasteiger partial charge in [-0.1, -0.05) is 24.3 Å². The van der Waals surface area contributed by atoms with Gasteiger partial charge in [-0.25, -0.2) is 13.5 Å². The Morgan fingerprint density at radius 2 is 1.69 bits per heavy atom. The Balaban J connectivity index is 1.79. The van der Waals surface area contributed by atoms with Crippen molar-refractivity contribution in [1.29, 1.82) is 0 Å². The predicted molar refractivity (Wildman–Crippen MR) is 108 cm³/mol. The Morgan fingerprint density at radius 3 is 2.41 bits per heavy atom. The first-order valence-corrected chi connectivity index (χ1v) is 9.00. The van der Waals surface area contributed by atoms with Crippen LogP contribution in [-0.2, 0) is 0 Å². The van der Waals surface area contributed by atoms with Crippen LogP contribution in [0.5, 0.6) is 0 Å². The Bertz CT molecular complexity index is 1180. The fourth-order valence-electron chi connectivity index (χ4n) is 3.01. The van der Waals surface area contributed by atoms with Crippen molar-refractivity contribution in [3.8, 4) is 16.9 Å². The lowest BCUT2D eigenvalue weighted by molar-refractivity contribution is 0.101. The molecule has 0 atom stereocenters. The molecule has 6 heteroatoms. The van der Waals surface area contributed by atoms with Gasteiger partial charge in [0.25, 0.3) is 5.91 Å². The summed E-state index contributed by atoms with van der Waals surface area (Å²) in [5.74, 6) is -1.39. The van der Waals surface area contributed by atoms with Crippen LogP contribution in [0.3, 0.4) is 0 Å². The van der Waals surface area contributed by atoms with Gasteiger partial charge >= 0.3 is 0 Å². The molecule has 0 unspecified atom stereocenters. The zero-order valence-corrected chi connectivity index (χ0v) is 15.6. The number of hydrogen-bond acceptors (Lipinski definition) is 2. The number of halogens is 2. The topological polar surface area (TPSA) is 46.9 Å². The van der Waals surface area contributed by atoms with Gasteiger partial charge in [-0.2, -0.15) is 5.10 Å². The third-order valence-electron chi connectivity index (χ3n) is 4.45. The standard InChI is InChI=1S/C23H17F2N3O/c1-15-5-4-6-18(13-15)28-22(23(29)26-20-8-3-2-7-19(20)25)14-21(27-28)16-9-11-17(24)12-10-16/h2-14H,1H3,(H,26,29). The first-order valence-electron chi connectivity index (χ1n) is 9.00. The lowest BCUT2D eigenvalue weighted by atomic mass is 10.1. The molecule has 4 aromatic rings. The van der Waals surface area contributed by atoms with Crippen molar-refractivity contribution in [3.63, 3.8) is 0 Å². The highest BCUT2D eigenvalue weighted by Gasteiger charge is 2.19. The van der Waals surface area contributed by atoms with Gasteiger partial charge in [-0.3, -0.25) is 4.79 Å². The summed E-state index contributed by atoms with van der Waals surface area (Å²) in [7, 11) is 0. The maximum atomic E-state index is 14.0. The number of aryl methyl sites for hydroxylation is 1. The summed E-state index contributed by atoms with van der Waals surface area (Å²) in [5, 5.41) is 7.14. The number of nitrogens with zero attached hydrogens (tertiary/aromatic N) is 2. The number of benzene rings is 3. The minimum absolute atomic E-state index is 0.0813. The van der Waals surface area contributed by atoms with E-state index in [4.69, 9.17) is 0 Å². The second-order valence-electron chi connectivity index (χ2n) is 6.61. The van der Waals surface area contributed by atoms with Crippen LogP contribution in [0, 0.1) is 18.6 Å². The van der Waals surface area contributed by atoms with E-state index < -0.39 is 11.7 Å². The molecule has 1 N–H and O–H groups in total. The Hall–Kier alpha value is -3.80. The van der Waals surface area contributed by atoms with E-state index in [0.717, 1.165) is 5.56 Å². The van der Waals surface area contributed by atoms with Crippen LogP contribution in [-0.4, -0.2) is 15.7 Å². The number of para-hydroxylation sites is 1. The second-order valence-corrected chi connectivity index (χ2v) is 6.61. The van der Waals surface area contributed by atoms with Crippen LogP contribution >= 0.6 is 0 Å². The third-order valence-corrected chi connectivity index (χ3v) is 4.45. The molecule has 0 radical (unpaired) electrons. The number of carbonyl (C=O) groups excluding carboxylic acids is 1. The molecule has 1 heterocycles. The molecule has 4 nitrogen and oxygen atoms in total. The maximum Gasteiger partial charge on any atom is 0.274 e.